The van der Waals surface area contributed by atoms with Crippen LogP contribution in [0.25, 0.3) is 0 Å². The van der Waals surface area contributed by atoms with Gasteiger partial charge in [-0.15, -0.1) is 0 Å². The second-order valence-corrected chi connectivity index (χ2v) is 4.20. The number of hydrogen-bond acceptors (Lipinski definition) is 2. The van der Waals surface area contributed by atoms with E-state index in [2.05, 4.69) is 5.32 Å². The van der Waals surface area contributed by atoms with Gasteiger partial charge in [0.05, 0.1) is 6.26 Å². The first kappa shape index (κ1) is 13.8. The number of amides is 1. The summed E-state index contributed by atoms with van der Waals surface area (Å²) in [6.07, 6.45) is 1.37. The van der Waals surface area contributed by atoms with Crippen molar-refractivity contribution in [3.05, 3.63) is 72.2 Å². The van der Waals surface area contributed by atoms with Gasteiger partial charge in [0.15, 0.2) is 0 Å². The maximum atomic E-state index is 13.0. The van der Waals surface area contributed by atoms with Crippen LogP contribution in [0, 0.1) is 5.82 Å². The Bertz CT molecular complexity index is 623. The molecule has 0 heterocycles. The molecule has 0 unspecified atom stereocenters. The topological polar surface area (TPSA) is 38.3 Å². The number of rotatable bonds is 4. The molecule has 0 fully saturated rings. The Kier molecular flexibility index (Phi) is 4.50. The van der Waals surface area contributed by atoms with Crippen LogP contribution in [0.1, 0.15) is 6.92 Å². The van der Waals surface area contributed by atoms with Crippen molar-refractivity contribution in [1.29, 1.82) is 0 Å². The number of benzene rings is 2. The summed E-state index contributed by atoms with van der Waals surface area (Å²) in [6, 6.07) is 14.8. The standard InChI is InChI=1S/C16H14FNO2/c1-12(11-20-15-8-3-2-4-9-15)16(19)18-14-7-5-6-13(17)10-14/h2-11H,1H3,(H,18,19). The highest BCUT2D eigenvalue weighted by Crippen LogP contribution is 2.12. The van der Waals surface area contributed by atoms with Crippen molar-refractivity contribution in [2.45, 2.75) is 6.92 Å². The molecule has 0 aromatic heterocycles. The molecule has 0 aliphatic carbocycles. The van der Waals surface area contributed by atoms with Crippen LogP contribution in [0.15, 0.2) is 66.4 Å². The molecule has 20 heavy (non-hydrogen) atoms. The fraction of sp³-hybridized carbons (Fsp3) is 0.0625. The van der Waals surface area contributed by atoms with E-state index in [1.165, 1.54) is 24.5 Å². The van der Waals surface area contributed by atoms with Gasteiger partial charge in [0.25, 0.3) is 5.91 Å². The number of nitrogens with one attached hydrogen (secondary N) is 1. The molecule has 0 saturated heterocycles. The summed E-state index contributed by atoms with van der Waals surface area (Å²) in [5.74, 6) is -0.0955. The van der Waals surface area contributed by atoms with Crippen molar-refractivity contribution >= 4 is 11.6 Å². The molecule has 1 amide bonds. The van der Waals surface area contributed by atoms with Crippen LogP contribution in [-0.4, -0.2) is 5.91 Å². The van der Waals surface area contributed by atoms with Crippen LogP contribution in [0.3, 0.4) is 0 Å². The minimum absolute atomic E-state index is 0.341. The van der Waals surface area contributed by atoms with E-state index in [1.807, 2.05) is 18.2 Å². The first-order valence-electron chi connectivity index (χ1n) is 6.10. The lowest BCUT2D eigenvalue weighted by Gasteiger charge is -2.06. The summed E-state index contributed by atoms with van der Waals surface area (Å²) >= 11 is 0. The van der Waals surface area contributed by atoms with Gasteiger partial charge >= 0.3 is 0 Å². The minimum Gasteiger partial charge on any atom is -0.465 e. The molecule has 0 saturated carbocycles. The fourth-order valence-corrected chi connectivity index (χ4v) is 1.50. The van der Waals surface area contributed by atoms with Crippen molar-refractivity contribution < 1.29 is 13.9 Å². The molecule has 2 aromatic carbocycles. The Balaban J connectivity index is 1.98. The maximum Gasteiger partial charge on any atom is 0.254 e. The molecule has 4 heteroatoms. The summed E-state index contributed by atoms with van der Waals surface area (Å²) in [6.45, 7) is 1.62. The highest BCUT2D eigenvalue weighted by molar-refractivity contribution is 6.03. The molecule has 0 spiro atoms. The Morgan fingerprint density at radius 3 is 2.60 bits per heavy atom. The summed E-state index contributed by atoms with van der Waals surface area (Å²) in [4.78, 5) is 11.9. The first-order chi connectivity index (χ1) is 9.65. The van der Waals surface area contributed by atoms with Crippen LogP contribution >= 0.6 is 0 Å². The zero-order valence-corrected chi connectivity index (χ0v) is 11.0. The number of para-hydroxylation sites is 1. The van der Waals surface area contributed by atoms with Crippen molar-refractivity contribution in [2.75, 3.05) is 5.32 Å². The molecule has 1 N–H and O–H groups in total. The van der Waals surface area contributed by atoms with Crippen LogP contribution in [-0.2, 0) is 4.79 Å². The monoisotopic (exact) mass is 271 g/mol. The maximum absolute atomic E-state index is 13.0. The van der Waals surface area contributed by atoms with E-state index < -0.39 is 5.82 Å². The van der Waals surface area contributed by atoms with Gasteiger partial charge in [0, 0.05) is 11.3 Å². The largest absolute Gasteiger partial charge is 0.465 e. The van der Waals surface area contributed by atoms with E-state index in [4.69, 9.17) is 4.74 Å². The quantitative estimate of drug-likeness (QED) is 0.679. The van der Waals surface area contributed by atoms with Crippen LogP contribution < -0.4 is 10.1 Å². The highest BCUT2D eigenvalue weighted by Gasteiger charge is 2.06. The molecule has 0 bridgehead atoms. The van der Waals surface area contributed by atoms with Gasteiger partial charge in [-0.1, -0.05) is 24.3 Å². The number of halogens is 1. The lowest BCUT2D eigenvalue weighted by molar-refractivity contribution is -0.112. The normalized spacial score (nSPS) is 11.0. The zero-order chi connectivity index (χ0) is 14.4. The lowest BCUT2D eigenvalue weighted by atomic mass is 10.2. The summed E-state index contributed by atoms with van der Waals surface area (Å²) in [5.41, 5.74) is 0.792. The Hall–Kier alpha value is -2.62. The molecule has 0 atom stereocenters. The number of hydrogen-bond donors (Lipinski definition) is 1. The molecule has 2 rings (SSSR count). The molecule has 102 valence electrons. The third-order valence-corrected chi connectivity index (χ3v) is 2.56. The van der Waals surface area contributed by atoms with Gasteiger partial charge < -0.3 is 10.1 Å². The van der Waals surface area contributed by atoms with Gasteiger partial charge in [-0.25, -0.2) is 4.39 Å². The summed E-state index contributed by atoms with van der Waals surface area (Å²) in [7, 11) is 0. The van der Waals surface area contributed by atoms with E-state index in [-0.39, 0.29) is 5.91 Å². The van der Waals surface area contributed by atoms with Crippen molar-refractivity contribution in [1.82, 2.24) is 0 Å². The number of ether oxygens (including phenoxy) is 1. The first-order valence-corrected chi connectivity index (χ1v) is 6.10. The van der Waals surface area contributed by atoms with Gasteiger partial charge in [-0.05, 0) is 37.3 Å². The average Bonchev–Trinajstić information content (AvgIpc) is 2.46. The van der Waals surface area contributed by atoms with E-state index in [0.29, 0.717) is 17.0 Å². The van der Waals surface area contributed by atoms with Crippen molar-refractivity contribution in [2.24, 2.45) is 0 Å². The zero-order valence-electron chi connectivity index (χ0n) is 11.0. The molecule has 0 radical (unpaired) electrons. The SMILES string of the molecule is CC(=COc1ccccc1)C(=O)Nc1cccc(F)c1. The van der Waals surface area contributed by atoms with Crippen molar-refractivity contribution in [3.63, 3.8) is 0 Å². The Morgan fingerprint density at radius 2 is 1.90 bits per heavy atom. The second-order valence-electron chi connectivity index (χ2n) is 4.20. The number of carbonyl (C=O) groups excluding carboxylic acids is 1. The predicted octanol–water partition coefficient (Wildman–Crippen LogP) is 3.75. The van der Waals surface area contributed by atoms with E-state index in [9.17, 15) is 9.18 Å². The minimum atomic E-state index is -0.398. The predicted molar refractivity (Wildman–Crippen MR) is 75.9 cm³/mol. The van der Waals surface area contributed by atoms with E-state index >= 15 is 0 Å². The fourth-order valence-electron chi connectivity index (χ4n) is 1.50. The van der Waals surface area contributed by atoms with E-state index in [0.717, 1.165) is 0 Å². The van der Waals surface area contributed by atoms with Crippen LogP contribution in [0.2, 0.25) is 0 Å². The Morgan fingerprint density at radius 1 is 1.15 bits per heavy atom. The average molecular weight is 271 g/mol. The van der Waals surface area contributed by atoms with E-state index in [1.54, 1.807) is 25.1 Å². The molecule has 3 nitrogen and oxygen atoms in total. The van der Waals surface area contributed by atoms with Gasteiger partial charge in [0.1, 0.15) is 11.6 Å². The summed E-state index contributed by atoms with van der Waals surface area (Å²) < 4.78 is 18.4. The Labute approximate surface area is 116 Å². The van der Waals surface area contributed by atoms with Crippen molar-refractivity contribution in [3.8, 4) is 5.75 Å². The van der Waals surface area contributed by atoms with Gasteiger partial charge in [-0.2, -0.15) is 0 Å². The molecule has 0 aliphatic heterocycles. The smallest absolute Gasteiger partial charge is 0.254 e. The third kappa shape index (κ3) is 3.95. The number of anilines is 1. The molecule has 0 aliphatic rings. The lowest BCUT2D eigenvalue weighted by Crippen LogP contribution is -2.13. The highest BCUT2D eigenvalue weighted by atomic mass is 19.1. The number of carbonyl (C=O) groups is 1. The second kappa shape index (κ2) is 6.52. The van der Waals surface area contributed by atoms with Gasteiger partial charge in [0.2, 0.25) is 0 Å². The molecular formula is C16H14FNO2. The van der Waals surface area contributed by atoms with Crippen LogP contribution in [0.4, 0.5) is 10.1 Å². The molecular weight excluding hydrogens is 257 g/mol. The van der Waals surface area contributed by atoms with Gasteiger partial charge in [-0.3, -0.25) is 4.79 Å². The summed E-state index contributed by atoms with van der Waals surface area (Å²) in [5, 5.41) is 2.59. The molecule has 2 aromatic rings. The van der Waals surface area contributed by atoms with Crippen LogP contribution in [0.5, 0.6) is 5.75 Å². The third-order valence-electron chi connectivity index (χ3n) is 2.56.